The van der Waals surface area contributed by atoms with E-state index in [9.17, 15) is 18.3 Å². The van der Waals surface area contributed by atoms with Crippen molar-refractivity contribution in [3.63, 3.8) is 0 Å². The molecule has 1 atom stereocenters. The zero-order valence-electron chi connectivity index (χ0n) is 11.2. The zero-order chi connectivity index (χ0) is 14.7. The van der Waals surface area contributed by atoms with E-state index >= 15 is 0 Å². The summed E-state index contributed by atoms with van der Waals surface area (Å²) in [6, 6.07) is 7.08. The van der Waals surface area contributed by atoms with Gasteiger partial charge in [0, 0.05) is 0 Å². The number of hydrogen-bond acceptors (Lipinski definition) is 1. The van der Waals surface area contributed by atoms with Gasteiger partial charge in [0.1, 0.15) is 8.07 Å². The molecule has 1 rings (SSSR count). The van der Waals surface area contributed by atoms with Gasteiger partial charge in [-0.25, -0.2) is 0 Å². The van der Waals surface area contributed by atoms with Gasteiger partial charge >= 0.3 is 6.18 Å². The van der Waals surface area contributed by atoms with Crippen molar-refractivity contribution in [2.75, 3.05) is 0 Å². The molecule has 0 saturated heterocycles. The van der Waals surface area contributed by atoms with E-state index in [1.54, 1.807) is 6.07 Å². The summed E-state index contributed by atoms with van der Waals surface area (Å²) in [6.45, 7) is 5.82. The van der Waals surface area contributed by atoms with Crippen molar-refractivity contribution in [2.24, 2.45) is 0 Å². The predicted octanol–water partition coefficient (Wildman–Crippen LogP) is 3.71. The maximum absolute atomic E-state index is 13.1. The zero-order valence-corrected chi connectivity index (χ0v) is 12.2. The van der Waals surface area contributed by atoms with Crippen LogP contribution in [-0.2, 0) is 5.60 Å². The molecule has 0 fully saturated rings. The number of hydrogen-bond donors (Lipinski definition) is 1. The van der Waals surface area contributed by atoms with Crippen LogP contribution in [-0.4, -0.2) is 19.4 Å². The van der Waals surface area contributed by atoms with Gasteiger partial charge in [-0.2, -0.15) is 13.2 Å². The van der Waals surface area contributed by atoms with E-state index < -0.39 is 26.3 Å². The second kappa shape index (κ2) is 5.39. The lowest BCUT2D eigenvalue weighted by Gasteiger charge is -2.29. The first-order valence-electron chi connectivity index (χ1n) is 5.91. The van der Waals surface area contributed by atoms with E-state index in [0.717, 1.165) is 0 Å². The van der Waals surface area contributed by atoms with Crippen LogP contribution >= 0.6 is 0 Å². The Balaban J connectivity index is 3.12. The Hall–Kier alpha value is -1.25. The lowest BCUT2D eigenvalue weighted by Crippen LogP contribution is -2.42. The third kappa shape index (κ3) is 4.12. The van der Waals surface area contributed by atoms with Crippen molar-refractivity contribution in [2.45, 2.75) is 37.8 Å². The summed E-state index contributed by atoms with van der Waals surface area (Å²) in [5.41, 5.74) is -0.227. The van der Waals surface area contributed by atoms with E-state index in [-0.39, 0.29) is 5.56 Å². The van der Waals surface area contributed by atoms with E-state index in [4.69, 9.17) is 0 Å². The molecular formula is C14H17F3OSi. The first kappa shape index (κ1) is 15.8. The fraction of sp³-hybridized carbons (Fsp3) is 0.429. The quantitative estimate of drug-likeness (QED) is 0.649. The van der Waals surface area contributed by atoms with Crippen LogP contribution in [0.3, 0.4) is 0 Å². The van der Waals surface area contributed by atoms with Crippen LogP contribution in [0, 0.1) is 11.5 Å². The molecular weight excluding hydrogens is 269 g/mol. The Morgan fingerprint density at radius 1 is 1.11 bits per heavy atom. The molecule has 0 unspecified atom stereocenters. The third-order valence-electron chi connectivity index (χ3n) is 2.53. The summed E-state index contributed by atoms with van der Waals surface area (Å²) in [7, 11) is -1.76. The summed E-state index contributed by atoms with van der Waals surface area (Å²) >= 11 is 0. The number of benzene rings is 1. The Kier molecular flexibility index (Phi) is 4.49. The minimum absolute atomic E-state index is 0.174. The van der Waals surface area contributed by atoms with Gasteiger partial charge in [0.15, 0.2) is 5.60 Å². The third-order valence-corrected chi connectivity index (χ3v) is 3.45. The lowest BCUT2D eigenvalue weighted by molar-refractivity contribution is -0.264. The van der Waals surface area contributed by atoms with E-state index in [1.165, 1.54) is 24.3 Å². The van der Waals surface area contributed by atoms with Crippen molar-refractivity contribution in [1.29, 1.82) is 0 Å². The SMILES string of the molecule is C[Si](C)(C)C#CC[C@@](O)(c1ccccc1)C(F)(F)F. The number of aliphatic hydroxyl groups is 1. The molecule has 0 spiro atoms. The highest BCUT2D eigenvalue weighted by molar-refractivity contribution is 6.83. The van der Waals surface area contributed by atoms with Crippen molar-refractivity contribution < 1.29 is 18.3 Å². The van der Waals surface area contributed by atoms with Crippen LogP contribution < -0.4 is 0 Å². The maximum Gasteiger partial charge on any atom is 0.422 e. The van der Waals surface area contributed by atoms with Crippen LogP contribution in [0.2, 0.25) is 19.6 Å². The molecule has 0 heterocycles. The number of rotatable bonds is 2. The molecule has 19 heavy (non-hydrogen) atoms. The van der Waals surface area contributed by atoms with Gasteiger partial charge in [-0.15, -0.1) is 11.5 Å². The molecule has 0 aromatic heterocycles. The van der Waals surface area contributed by atoms with Crippen molar-refractivity contribution >= 4 is 8.07 Å². The second-order valence-electron chi connectivity index (χ2n) is 5.45. The van der Waals surface area contributed by atoms with Gasteiger partial charge in [-0.3, -0.25) is 0 Å². The van der Waals surface area contributed by atoms with Crippen molar-refractivity contribution in [3.8, 4) is 11.5 Å². The summed E-state index contributed by atoms with van der Waals surface area (Å²) in [5, 5.41) is 10.0. The van der Waals surface area contributed by atoms with Gasteiger partial charge in [-0.05, 0) is 5.56 Å². The highest BCUT2D eigenvalue weighted by Crippen LogP contribution is 2.41. The van der Waals surface area contributed by atoms with Crippen LogP contribution in [0.25, 0.3) is 0 Å². The molecule has 0 aliphatic heterocycles. The predicted molar refractivity (Wildman–Crippen MR) is 72.1 cm³/mol. The van der Waals surface area contributed by atoms with Crippen molar-refractivity contribution in [1.82, 2.24) is 0 Å². The maximum atomic E-state index is 13.1. The lowest BCUT2D eigenvalue weighted by atomic mass is 9.90. The highest BCUT2D eigenvalue weighted by atomic mass is 28.3. The molecule has 0 aliphatic carbocycles. The summed E-state index contributed by atoms with van der Waals surface area (Å²) in [5.74, 6) is 2.51. The Morgan fingerprint density at radius 2 is 1.63 bits per heavy atom. The fourth-order valence-electron chi connectivity index (χ4n) is 1.52. The molecule has 1 aromatic carbocycles. The average molecular weight is 286 g/mol. The molecule has 0 bridgehead atoms. The molecule has 1 N–H and O–H groups in total. The highest BCUT2D eigenvalue weighted by Gasteiger charge is 2.54. The molecule has 5 heteroatoms. The molecule has 0 aliphatic rings. The summed E-state index contributed by atoms with van der Waals surface area (Å²) in [6.07, 6.45) is -5.38. The van der Waals surface area contributed by atoms with Crippen LogP contribution in [0.15, 0.2) is 30.3 Å². The monoisotopic (exact) mass is 286 g/mol. The Labute approximate surface area is 112 Å². The fourth-order valence-corrected chi connectivity index (χ4v) is 2.14. The van der Waals surface area contributed by atoms with Crippen LogP contribution in [0.1, 0.15) is 12.0 Å². The van der Waals surface area contributed by atoms with Crippen LogP contribution in [0.4, 0.5) is 13.2 Å². The first-order valence-corrected chi connectivity index (χ1v) is 9.41. The van der Waals surface area contributed by atoms with Gasteiger partial charge in [-0.1, -0.05) is 50.0 Å². The average Bonchev–Trinajstić information content (AvgIpc) is 2.26. The Morgan fingerprint density at radius 3 is 2.05 bits per heavy atom. The second-order valence-corrected chi connectivity index (χ2v) is 10.2. The molecule has 0 amide bonds. The minimum Gasteiger partial charge on any atom is -0.376 e. The summed E-state index contributed by atoms with van der Waals surface area (Å²) in [4.78, 5) is 0. The van der Waals surface area contributed by atoms with Crippen molar-refractivity contribution in [3.05, 3.63) is 35.9 Å². The van der Waals surface area contributed by atoms with Gasteiger partial charge in [0.05, 0.1) is 6.42 Å². The topological polar surface area (TPSA) is 20.2 Å². The van der Waals surface area contributed by atoms with Gasteiger partial charge in [0.25, 0.3) is 0 Å². The normalized spacial score (nSPS) is 15.3. The molecule has 104 valence electrons. The minimum atomic E-state index is -4.75. The smallest absolute Gasteiger partial charge is 0.376 e. The summed E-state index contributed by atoms with van der Waals surface area (Å²) < 4.78 is 39.3. The van der Waals surface area contributed by atoms with Crippen LogP contribution in [0.5, 0.6) is 0 Å². The first-order chi connectivity index (χ1) is 8.56. The molecule has 1 nitrogen and oxygen atoms in total. The van der Waals surface area contributed by atoms with Gasteiger partial charge in [0.2, 0.25) is 0 Å². The number of alkyl halides is 3. The van der Waals surface area contributed by atoms with E-state index in [0.29, 0.717) is 0 Å². The van der Waals surface area contributed by atoms with E-state index in [2.05, 4.69) is 11.5 Å². The van der Waals surface area contributed by atoms with Gasteiger partial charge < -0.3 is 5.11 Å². The largest absolute Gasteiger partial charge is 0.422 e. The molecule has 0 radical (unpaired) electrons. The standard InChI is InChI=1S/C14H17F3OSi/c1-19(2,3)11-7-10-13(18,14(15,16)17)12-8-5-4-6-9-12/h4-6,8-9,18H,10H2,1-3H3/t13-/m1/s1. The number of halogens is 3. The van der Waals surface area contributed by atoms with E-state index in [1.807, 2.05) is 19.6 Å². The molecule has 0 saturated carbocycles. The molecule has 1 aromatic rings. The Bertz CT molecular complexity index is 479.